The molecule has 0 aromatic carbocycles. The summed E-state index contributed by atoms with van der Waals surface area (Å²) in [5.41, 5.74) is 2.23. The summed E-state index contributed by atoms with van der Waals surface area (Å²) in [6.07, 6.45) is 9.03. The molecule has 26 heavy (non-hydrogen) atoms. The highest BCUT2D eigenvalue weighted by Gasteiger charge is 2.27. The molecule has 1 aliphatic carbocycles. The van der Waals surface area contributed by atoms with Crippen LogP contribution in [0.3, 0.4) is 0 Å². The monoisotopic (exact) mass is 351 g/mol. The smallest absolute Gasteiger partial charge is 0.289 e. The highest BCUT2D eigenvalue weighted by Crippen LogP contribution is 2.36. The van der Waals surface area contributed by atoms with Gasteiger partial charge < -0.3 is 14.2 Å². The zero-order valence-electron chi connectivity index (χ0n) is 14.5. The van der Waals surface area contributed by atoms with Gasteiger partial charge in [-0.2, -0.15) is 5.10 Å². The molecule has 3 aromatic rings. The largest absolute Gasteiger partial charge is 0.459 e. The van der Waals surface area contributed by atoms with E-state index < -0.39 is 0 Å². The molecule has 1 aliphatic heterocycles. The molecule has 4 heterocycles. The average Bonchev–Trinajstić information content (AvgIpc) is 3.29. The third kappa shape index (κ3) is 2.55. The van der Waals surface area contributed by atoms with Crippen LogP contribution in [0.1, 0.15) is 41.4 Å². The molecule has 1 saturated heterocycles. The highest BCUT2D eigenvalue weighted by atomic mass is 16.3. The molecule has 0 bridgehead atoms. The second-order valence-corrected chi connectivity index (χ2v) is 7.03. The van der Waals surface area contributed by atoms with E-state index in [0.29, 0.717) is 24.8 Å². The predicted octanol–water partition coefficient (Wildman–Crippen LogP) is 2.55. The van der Waals surface area contributed by atoms with Crippen LogP contribution in [-0.2, 0) is 0 Å². The van der Waals surface area contributed by atoms with E-state index in [0.717, 1.165) is 24.4 Å². The van der Waals surface area contributed by atoms with Crippen molar-refractivity contribution >= 4 is 17.2 Å². The first-order valence-electron chi connectivity index (χ1n) is 9.21. The van der Waals surface area contributed by atoms with Crippen molar-refractivity contribution in [1.82, 2.24) is 19.5 Å². The Morgan fingerprint density at radius 2 is 2.04 bits per heavy atom. The Hall–Kier alpha value is -2.83. The Kier molecular flexibility index (Phi) is 3.65. The van der Waals surface area contributed by atoms with Gasteiger partial charge in [0.25, 0.3) is 5.91 Å². The van der Waals surface area contributed by atoms with Gasteiger partial charge in [0, 0.05) is 44.5 Å². The summed E-state index contributed by atoms with van der Waals surface area (Å²) in [7, 11) is 0. The number of piperazine rings is 1. The Morgan fingerprint density at radius 1 is 1.19 bits per heavy atom. The lowest BCUT2D eigenvalue weighted by molar-refractivity contribution is 0.0714. The number of rotatable bonds is 3. The SMILES string of the molecule is O=C(c1ccco1)N1CCN(c2nccn3nc(C4CCC4)cc23)CC1. The number of carbonyl (C=O) groups is 1. The van der Waals surface area contributed by atoms with Crippen LogP contribution in [0, 0.1) is 0 Å². The van der Waals surface area contributed by atoms with Crippen LogP contribution >= 0.6 is 0 Å². The minimum absolute atomic E-state index is 0.0440. The average molecular weight is 351 g/mol. The third-order valence-corrected chi connectivity index (χ3v) is 5.51. The van der Waals surface area contributed by atoms with Crippen molar-refractivity contribution in [1.29, 1.82) is 0 Å². The number of carbonyl (C=O) groups excluding carboxylic acids is 1. The Balaban J connectivity index is 1.34. The van der Waals surface area contributed by atoms with Crippen molar-refractivity contribution in [3.63, 3.8) is 0 Å². The van der Waals surface area contributed by atoms with Crippen LogP contribution in [0.4, 0.5) is 5.82 Å². The highest BCUT2D eigenvalue weighted by molar-refractivity contribution is 5.91. The third-order valence-electron chi connectivity index (χ3n) is 5.51. The van der Waals surface area contributed by atoms with Gasteiger partial charge in [-0.25, -0.2) is 9.50 Å². The number of aromatic nitrogens is 3. The maximum absolute atomic E-state index is 12.4. The molecular weight excluding hydrogens is 330 g/mol. The Labute approximate surface area is 151 Å². The fourth-order valence-electron chi connectivity index (χ4n) is 3.75. The van der Waals surface area contributed by atoms with Gasteiger partial charge in [0.1, 0.15) is 5.52 Å². The van der Waals surface area contributed by atoms with Crippen LogP contribution in [0.2, 0.25) is 0 Å². The van der Waals surface area contributed by atoms with E-state index in [-0.39, 0.29) is 5.91 Å². The lowest BCUT2D eigenvalue weighted by Gasteiger charge is -2.35. The van der Waals surface area contributed by atoms with Crippen molar-refractivity contribution in [2.24, 2.45) is 0 Å². The summed E-state index contributed by atoms with van der Waals surface area (Å²) in [4.78, 5) is 21.1. The molecule has 7 heteroatoms. The molecule has 2 fully saturated rings. The van der Waals surface area contributed by atoms with Crippen molar-refractivity contribution in [2.75, 3.05) is 31.1 Å². The number of hydrogen-bond acceptors (Lipinski definition) is 5. The first-order valence-corrected chi connectivity index (χ1v) is 9.21. The minimum Gasteiger partial charge on any atom is -0.459 e. The topological polar surface area (TPSA) is 66.9 Å². The zero-order valence-corrected chi connectivity index (χ0v) is 14.5. The fraction of sp³-hybridized carbons (Fsp3) is 0.421. The Bertz CT molecular complexity index is 921. The minimum atomic E-state index is -0.0440. The molecule has 5 rings (SSSR count). The predicted molar refractivity (Wildman–Crippen MR) is 96.4 cm³/mol. The first kappa shape index (κ1) is 15.4. The van der Waals surface area contributed by atoms with E-state index in [1.54, 1.807) is 18.3 Å². The van der Waals surface area contributed by atoms with Gasteiger partial charge in [0.2, 0.25) is 0 Å². The van der Waals surface area contributed by atoms with Gasteiger partial charge in [0.05, 0.1) is 12.0 Å². The second kappa shape index (κ2) is 6.16. The van der Waals surface area contributed by atoms with Crippen LogP contribution in [0.15, 0.2) is 41.3 Å². The van der Waals surface area contributed by atoms with E-state index in [1.165, 1.54) is 31.2 Å². The Morgan fingerprint density at radius 3 is 2.73 bits per heavy atom. The molecule has 3 aromatic heterocycles. The molecule has 0 spiro atoms. The molecule has 0 N–H and O–H groups in total. The summed E-state index contributed by atoms with van der Waals surface area (Å²) in [6.45, 7) is 2.82. The zero-order chi connectivity index (χ0) is 17.5. The van der Waals surface area contributed by atoms with Crippen molar-refractivity contribution in [2.45, 2.75) is 25.2 Å². The molecular formula is C19H21N5O2. The van der Waals surface area contributed by atoms with Crippen molar-refractivity contribution in [3.05, 3.63) is 48.3 Å². The quantitative estimate of drug-likeness (QED) is 0.725. The molecule has 1 saturated carbocycles. The standard InChI is InChI=1S/C19H21N5O2/c25-19(17-5-2-12-26-17)23-10-8-22(9-11-23)18-16-13-15(14-3-1-4-14)21-24(16)7-6-20-18/h2,5-7,12-14H,1,3-4,8-11H2. The maximum atomic E-state index is 12.4. The van der Waals surface area contributed by atoms with Gasteiger partial charge in [-0.1, -0.05) is 6.42 Å². The number of furan rings is 1. The number of hydrogen-bond donors (Lipinski definition) is 0. The van der Waals surface area contributed by atoms with Gasteiger partial charge in [-0.3, -0.25) is 4.79 Å². The number of anilines is 1. The van der Waals surface area contributed by atoms with Crippen molar-refractivity contribution in [3.8, 4) is 0 Å². The van der Waals surface area contributed by atoms with E-state index in [2.05, 4.69) is 16.0 Å². The summed E-state index contributed by atoms with van der Waals surface area (Å²) in [5.74, 6) is 1.92. The number of amides is 1. The van der Waals surface area contributed by atoms with Crippen LogP contribution in [0.5, 0.6) is 0 Å². The van der Waals surface area contributed by atoms with Gasteiger partial charge >= 0.3 is 0 Å². The molecule has 134 valence electrons. The molecule has 1 amide bonds. The molecule has 0 atom stereocenters. The fourth-order valence-corrected chi connectivity index (χ4v) is 3.75. The van der Waals surface area contributed by atoms with E-state index in [9.17, 15) is 4.79 Å². The molecule has 7 nitrogen and oxygen atoms in total. The number of fused-ring (bicyclic) bond motifs is 1. The summed E-state index contributed by atoms with van der Waals surface area (Å²) in [5, 5.41) is 4.74. The van der Waals surface area contributed by atoms with E-state index in [1.807, 2.05) is 15.6 Å². The molecule has 0 unspecified atom stereocenters. The maximum Gasteiger partial charge on any atom is 0.289 e. The first-order chi connectivity index (χ1) is 12.8. The van der Waals surface area contributed by atoms with E-state index in [4.69, 9.17) is 9.52 Å². The van der Waals surface area contributed by atoms with Crippen LogP contribution < -0.4 is 4.90 Å². The van der Waals surface area contributed by atoms with Crippen LogP contribution in [-0.4, -0.2) is 51.6 Å². The van der Waals surface area contributed by atoms with E-state index >= 15 is 0 Å². The number of nitrogens with zero attached hydrogens (tertiary/aromatic N) is 5. The lowest BCUT2D eigenvalue weighted by atomic mass is 9.83. The molecule has 2 aliphatic rings. The van der Waals surface area contributed by atoms with Crippen LogP contribution in [0.25, 0.3) is 5.52 Å². The summed E-state index contributed by atoms with van der Waals surface area (Å²) in [6, 6.07) is 5.64. The van der Waals surface area contributed by atoms with Gasteiger partial charge in [0.15, 0.2) is 11.6 Å². The normalized spacial score (nSPS) is 18.3. The lowest BCUT2D eigenvalue weighted by Crippen LogP contribution is -2.49. The second-order valence-electron chi connectivity index (χ2n) is 7.03. The summed E-state index contributed by atoms with van der Waals surface area (Å²) >= 11 is 0. The summed E-state index contributed by atoms with van der Waals surface area (Å²) < 4.78 is 7.17. The van der Waals surface area contributed by atoms with Gasteiger partial charge in [-0.15, -0.1) is 0 Å². The molecule has 0 radical (unpaired) electrons. The van der Waals surface area contributed by atoms with Gasteiger partial charge in [-0.05, 0) is 31.0 Å². The van der Waals surface area contributed by atoms with Crippen molar-refractivity contribution < 1.29 is 9.21 Å².